The maximum Gasteiger partial charge on any atom is 0.203 e. The monoisotopic (exact) mass is 249 g/mol. The van der Waals surface area contributed by atoms with Crippen molar-refractivity contribution in [3.05, 3.63) is 17.7 Å². The molecule has 2 aliphatic rings. The van der Waals surface area contributed by atoms with Crippen LogP contribution in [0.15, 0.2) is 12.1 Å². The van der Waals surface area contributed by atoms with Gasteiger partial charge in [-0.25, -0.2) is 0 Å². The van der Waals surface area contributed by atoms with Crippen molar-refractivity contribution in [2.24, 2.45) is 5.92 Å². The molecule has 2 heterocycles. The Morgan fingerprint density at radius 3 is 2.78 bits per heavy atom. The van der Waals surface area contributed by atoms with E-state index in [1.807, 2.05) is 0 Å². The molecule has 1 aromatic carbocycles. The van der Waals surface area contributed by atoms with Crippen molar-refractivity contribution in [2.75, 3.05) is 33.4 Å². The fourth-order valence-corrected chi connectivity index (χ4v) is 2.63. The van der Waals surface area contributed by atoms with Crippen LogP contribution in [0.25, 0.3) is 0 Å². The molecule has 0 saturated carbocycles. The van der Waals surface area contributed by atoms with E-state index in [4.69, 9.17) is 14.2 Å². The van der Waals surface area contributed by atoms with Gasteiger partial charge in [-0.2, -0.15) is 0 Å². The van der Waals surface area contributed by atoms with Gasteiger partial charge in [0, 0.05) is 19.6 Å². The van der Waals surface area contributed by atoms with Gasteiger partial charge in [-0.05, 0) is 23.6 Å². The number of hydrogen-bond acceptors (Lipinski definition) is 4. The Hall–Kier alpha value is -1.42. The zero-order valence-corrected chi connectivity index (χ0v) is 10.9. The molecule has 0 aromatic heterocycles. The summed E-state index contributed by atoms with van der Waals surface area (Å²) in [6, 6.07) is 4.12. The Labute approximate surface area is 107 Å². The van der Waals surface area contributed by atoms with Crippen molar-refractivity contribution in [1.29, 1.82) is 0 Å². The molecular weight excluding hydrogens is 230 g/mol. The molecule has 0 unspecified atom stereocenters. The summed E-state index contributed by atoms with van der Waals surface area (Å²) < 4.78 is 16.6. The van der Waals surface area contributed by atoms with E-state index in [-0.39, 0.29) is 0 Å². The van der Waals surface area contributed by atoms with Crippen LogP contribution >= 0.6 is 0 Å². The van der Waals surface area contributed by atoms with E-state index in [1.54, 1.807) is 7.11 Å². The van der Waals surface area contributed by atoms with E-state index < -0.39 is 0 Å². The first-order valence-corrected chi connectivity index (χ1v) is 6.45. The van der Waals surface area contributed by atoms with Crippen molar-refractivity contribution < 1.29 is 14.2 Å². The molecule has 0 aliphatic carbocycles. The molecule has 4 heteroatoms. The predicted molar refractivity (Wildman–Crippen MR) is 68.4 cm³/mol. The highest BCUT2D eigenvalue weighted by molar-refractivity contribution is 5.54. The minimum absolute atomic E-state index is 0.590. The van der Waals surface area contributed by atoms with Crippen LogP contribution in [0.2, 0.25) is 0 Å². The number of nitrogens with zero attached hydrogens (tertiary/aromatic N) is 1. The van der Waals surface area contributed by atoms with Crippen molar-refractivity contribution in [1.82, 2.24) is 4.90 Å². The number of likely N-dealkylation sites (tertiary alicyclic amines) is 1. The molecule has 4 nitrogen and oxygen atoms in total. The lowest BCUT2D eigenvalue weighted by molar-refractivity contribution is 0.104. The lowest BCUT2D eigenvalue weighted by Gasteiger charge is -2.37. The molecule has 1 fully saturated rings. The van der Waals surface area contributed by atoms with Crippen LogP contribution in [0.3, 0.4) is 0 Å². The fraction of sp³-hybridized carbons (Fsp3) is 0.571. The van der Waals surface area contributed by atoms with Crippen LogP contribution in [0.1, 0.15) is 12.5 Å². The Morgan fingerprint density at radius 2 is 2.06 bits per heavy atom. The van der Waals surface area contributed by atoms with Gasteiger partial charge in [-0.1, -0.05) is 6.92 Å². The summed E-state index contributed by atoms with van der Waals surface area (Å²) in [6.45, 7) is 6.79. The molecule has 98 valence electrons. The first-order chi connectivity index (χ1) is 8.76. The van der Waals surface area contributed by atoms with Gasteiger partial charge in [0.05, 0.1) is 7.11 Å². The summed E-state index contributed by atoms with van der Waals surface area (Å²) in [5.74, 6) is 3.15. The molecule has 1 saturated heterocycles. The van der Waals surface area contributed by atoms with Crippen molar-refractivity contribution in [2.45, 2.75) is 13.5 Å². The normalized spacial score (nSPS) is 19.4. The Morgan fingerprint density at radius 1 is 1.28 bits per heavy atom. The fourth-order valence-electron chi connectivity index (χ4n) is 2.63. The molecule has 0 amide bonds. The number of hydrogen-bond donors (Lipinski definition) is 0. The lowest BCUT2D eigenvalue weighted by atomic mass is 10.0. The Bertz CT molecular complexity index is 424. The molecule has 1 aromatic rings. The summed E-state index contributed by atoms with van der Waals surface area (Å²) in [5, 5.41) is 0. The topological polar surface area (TPSA) is 30.9 Å². The van der Waals surface area contributed by atoms with Crippen LogP contribution in [0.5, 0.6) is 17.2 Å². The highest BCUT2D eigenvalue weighted by atomic mass is 16.6. The van der Waals surface area contributed by atoms with E-state index in [9.17, 15) is 0 Å². The third kappa shape index (κ3) is 2.12. The van der Waals surface area contributed by atoms with Crippen molar-refractivity contribution in [3.8, 4) is 17.2 Å². The quantitative estimate of drug-likeness (QED) is 0.819. The molecule has 0 radical (unpaired) electrons. The zero-order valence-electron chi connectivity index (χ0n) is 10.9. The molecule has 3 rings (SSSR count). The highest BCUT2D eigenvalue weighted by Crippen LogP contribution is 2.40. The predicted octanol–water partition coefficient (Wildman–Crippen LogP) is 1.92. The third-order valence-corrected chi connectivity index (χ3v) is 3.43. The van der Waals surface area contributed by atoms with E-state index in [0.717, 1.165) is 29.7 Å². The maximum absolute atomic E-state index is 5.64. The largest absolute Gasteiger partial charge is 0.493 e. The van der Waals surface area contributed by atoms with Gasteiger partial charge in [0.2, 0.25) is 5.75 Å². The smallest absolute Gasteiger partial charge is 0.203 e. The van der Waals surface area contributed by atoms with Gasteiger partial charge in [-0.15, -0.1) is 0 Å². The van der Waals surface area contributed by atoms with Crippen molar-refractivity contribution in [3.63, 3.8) is 0 Å². The van der Waals surface area contributed by atoms with E-state index >= 15 is 0 Å². The summed E-state index contributed by atoms with van der Waals surface area (Å²) >= 11 is 0. The van der Waals surface area contributed by atoms with Crippen molar-refractivity contribution >= 4 is 0 Å². The molecular formula is C14H19NO3. The Balaban J connectivity index is 1.82. The van der Waals surface area contributed by atoms with Gasteiger partial charge in [0.25, 0.3) is 0 Å². The number of benzene rings is 1. The van der Waals surface area contributed by atoms with E-state index in [2.05, 4.69) is 24.0 Å². The number of methoxy groups -OCH3 is 1. The second kappa shape index (κ2) is 4.69. The summed E-state index contributed by atoms with van der Waals surface area (Å²) in [4.78, 5) is 2.43. The number of fused-ring (bicyclic) bond motifs is 1. The maximum atomic E-state index is 5.64. The molecule has 0 atom stereocenters. The van der Waals surface area contributed by atoms with Gasteiger partial charge in [-0.3, -0.25) is 4.90 Å². The van der Waals surface area contributed by atoms with Gasteiger partial charge in [0.15, 0.2) is 11.5 Å². The molecule has 2 aliphatic heterocycles. The van der Waals surface area contributed by atoms with Gasteiger partial charge < -0.3 is 14.2 Å². The van der Waals surface area contributed by atoms with E-state index in [0.29, 0.717) is 13.2 Å². The zero-order chi connectivity index (χ0) is 12.5. The summed E-state index contributed by atoms with van der Waals surface area (Å²) in [6.07, 6.45) is 0. The second-order valence-corrected chi connectivity index (χ2v) is 5.12. The van der Waals surface area contributed by atoms with Crippen LogP contribution < -0.4 is 14.2 Å². The number of ether oxygens (including phenoxy) is 3. The SMILES string of the molecule is COc1cc(CN2CC(C)C2)cc2c1OCCO2. The average Bonchev–Trinajstić information content (AvgIpc) is 2.36. The standard InChI is InChI=1S/C14H19NO3/c1-10-7-15(8-10)9-11-5-12(16-2)14-13(6-11)17-3-4-18-14/h5-6,10H,3-4,7-9H2,1-2H3. The van der Waals surface area contributed by atoms with Gasteiger partial charge >= 0.3 is 0 Å². The minimum atomic E-state index is 0.590. The summed E-state index contributed by atoms with van der Waals surface area (Å²) in [5.41, 5.74) is 1.23. The molecule has 0 bridgehead atoms. The third-order valence-electron chi connectivity index (χ3n) is 3.43. The lowest BCUT2D eigenvalue weighted by Crippen LogP contribution is -2.44. The number of rotatable bonds is 3. The highest BCUT2D eigenvalue weighted by Gasteiger charge is 2.24. The van der Waals surface area contributed by atoms with E-state index in [1.165, 1.54) is 18.7 Å². The van der Waals surface area contributed by atoms with Crippen LogP contribution in [0, 0.1) is 5.92 Å². The first-order valence-electron chi connectivity index (χ1n) is 6.45. The van der Waals surface area contributed by atoms with Crippen LogP contribution in [-0.2, 0) is 6.54 Å². The minimum Gasteiger partial charge on any atom is -0.493 e. The van der Waals surface area contributed by atoms with Crippen LogP contribution in [0.4, 0.5) is 0 Å². The van der Waals surface area contributed by atoms with Gasteiger partial charge in [0.1, 0.15) is 13.2 Å². The Kier molecular flexibility index (Phi) is 3.04. The van der Waals surface area contributed by atoms with Crippen LogP contribution in [-0.4, -0.2) is 38.3 Å². The summed E-state index contributed by atoms with van der Waals surface area (Å²) in [7, 11) is 1.67. The average molecular weight is 249 g/mol. The molecule has 0 N–H and O–H groups in total. The molecule has 0 spiro atoms. The first kappa shape index (κ1) is 11.7. The second-order valence-electron chi connectivity index (χ2n) is 5.12. The molecule has 18 heavy (non-hydrogen) atoms.